The number of urea groups is 1. The van der Waals surface area contributed by atoms with E-state index in [-0.39, 0.29) is 12.6 Å². The molecule has 1 aromatic carbocycles. The van der Waals surface area contributed by atoms with Crippen molar-refractivity contribution in [3.63, 3.8) is 0 Å². The van der Waals surface area contributed by atoms with Crippen LogP contribution >= 0.6 is 15.9 Å². The van der Waals surface area contributed by atoms with Crippen LogP contribution in [-0.4, -0.2) is 66.8 Å². The van der Waals surface area contributed by atoms with Gasteiger partial charge in [-0.25, -0.2) is 4.79 Å². The first-order valence-corrected chi connectivity index (χ1v) is 8.09. The van der Waals surface area contributed by atoms with Crippen molar-refractivity contribution in [1.29, 1.82) is 0 Å². The summed E-state index contributed by atoms with van der Waals surface area (Å²) in [5.41, 5.74) is 1.20. The van der Waals surface area contributed by atoms with Gasteiger partial charge in [-0.15, -0.1) is 0 Å². The summed E-state index contributed by atoms with van der Waals surface area (Å²) < 4.78 is 1.08. The van der Waals surface area contributed by atoms with Crippen LogP contribution in [0.1, 0.15) is 5.56 Å². The van der Waals surface area contributed by atoms with Gasteiger partial charge in [0.2, 0.25) is 0 Å². The Kier molecular flexibility index (Phi) is 6.48. The fourth-order valence-electron chi connectivity index (χ4n) is 2.43. The second-order valence-electron chi connectivity index (χ2n) is 5.13. The number of carbonyl (C=O) groups excluding carboxylic acids is 1. The van der Waals surface area contributed by atoms with E-state index >= 15 is 0 Å². The Morgan fingerprint density at radius 1 is 1.24 bits per heavy atom. The lowest BCUT2D eigenvalue weighted by atomic mass is 10.1. The highest BCUT2D eigenvalue weighted by Crippen LogP contribution is 2.15. The standard InChI is InChI=1S/C15H22BrN3O2/c16-14-4-2-1-3-13(14)5-6-17-15(21)19-9-7-18(8-10-19)11-12-20/h1-4,20H,5-12H2,(H,17,21). The summed E-state index contributed by atoms with van der Waals surface area (Å²) in [6.07, 6.45) is 0.817. The summed E-state index contributed by atoms with van der Waals surface area (Å²) in [5, 5.41) is 11.9. The molecular formula is C15H22BrN3O2. The number of amides is 2. The monoisotopic (exact) mass is 355 g/mol. The SMILES string of the molecule is O=C(NCCc1ccccc1Br)N1CCN(CCO)CC1. The molecule has 1 fully saturated rings. The number of nitrogens with one attached hydrogen (secondary N) is 1. The highest BCUT2D eigenvalue weighted by molar-refractivity contribution is 9.10. The van der Waals surface area contributed by atoms with E-state index in [0.29, 0.717) is 13.1 Å². The minimum atomic E-state index is 0.00528. The van der Waals surface area contributed by atoms with Gasteiger partial charge in [-0.3, -0.25) is 4.90 Å². The lowest BCUT2D eigenvalue weighted by molar-refractivity contribution is 0.122. The summed E-state index contributed by atoms with van der Waals surface area (Å²) >= 11 is 3.51. The number of β-amino-alcohol motifs (C(OH)–C–C–N with tert-alkyl or cyclic N) is 1. The number of halogens is 1. The van der Waals surface area contributed by atoms with Gasteiger partial charge in [0.25, 0.3) is 0 Å². The van der Waals surface area contributed by atoms with Crippen molar-refractivity contribution in [2.75, 3.05) is 45.9 Å². The molecule has 2 amide bonds. The van der Waals surface area contributed by atoms with E-state index in [1.807, 2.05) is 23.1 Å². The van der Waals surface area contributed by atoms with E-state index < -0.39 is 0 Å². The van der Waals surface area contributed by atoms with Gasteiger partial charge in [-0.05, 0) is 18.1 Å². The summed E-state index contributed by atoms with van der Waals surface area (Å²) in [7, 11) is 0. The number of hydrogen-bond donors (Lipinski definition) is 2. The van der Waals surface area contributed by atoms with Crippen LogP contribution in [0.2, 0.25) is 0 Å². The molecule has 0 saturated carbocycles. The molecule has 1 aliphatic rings. The van der Waals surface area contributed by atoms with E-state index in [9.17, 15) is 4.79 Å². The van der Waals surface area contributed by atoms with Crippen molar-refractivity contribution >= 4 is 22.0 Å². The average molecular weight is 356 g/mol. The van der Waals surface area contributed by atoms with Gasteiger partial charge >= 0.3 is 6.03 Å². The molecule has 1 heterocycles. The molecule has 0 bridgehead atoms. The fourth-order valence-corrected chi connectivity index (χ4v) is 2.92. The van der Waals surface area contributed by atoms with E-state index in [0.717, 1.165) is 37.1 Å². The first-order valence-electron chi connectivity index (χ1n) is 7.30. The van der Waals surface area contributed by atoms with Crippen molar-refractivity contribution < 1.29 is 9.90 Å². The molecule has 1 aromatic rings. The third-order valence-corrected chi connectivity index (χ3v) is 4.48. The number of aliphatic hydroxyl groups is 1. The molecule has 21 heavy (non-hydrogen) atoms. The van der Waals surface area contributed by atoms with Crippen LogP contribution in [0.5, 0.6) is 0 Å². The zero-order valence-corrected chi connectivity index (χ0v) is 13.7. The topological polar surface area (TPSA) is 55.8 Å². The smallest absolute Gasteiger partial charge is 0.317 e. The van der Waals surface area contributed by atoms with Crippen LogP contribution in [0, 0.1) is 0 Å². The number of benzene rings is 1. The molecule has 0 unspecified atom stereocenters. The van der Waals surface area contributed by atoms with Crippen LogP contribution in [0.4, 0.5) is 4.79 Å². The maximum absolute atomic E-state index is 12.1. The first kappa shape index (κ1) is 16.3. The van der Waals surface area contributed by atoms with Crippen molar-refractivity contribution in [2.24, 2.45) is 0 Å². The van der Waals surface area contributed by atoms with Crippen molar-refractivity contribution in [1.82, 2.24) is 15.1 Å². The van der Waals surface area contributed by atoms with E-state index in [4.69, 9.17) is 5.11 Å². The fraction of sp³-hybridized carbons (Fsp3) is 0.533. The predicted molar refractivity (Wildman–Crippen MR) is 86.3 cm³/mol. The molecule has 1 saturated heterocycles. The molecular weight excluding hydrogens is 334 g/mol. The van der Waals surface area contributed by atoms with Gasteiger partial charge in [0.15, 0.2) is 0 Å². The number of piperazine rings is 1. The maximum Gasteiger partial charge on any atom is 0.317 e. The second-order valence-corrected chi connectivity index (χ2v) is 5.98. The Bertz CT molecular complexity index is 462. The molecule has 2 N–H and O–H groups in total. The summed E-state index contributed by atoms with van der Waals surface area (Å²) in [6.45, 7) is 4.62. The number of aliphatic hydroxyl groups excluding tert-OH is 1. The lowest BCUT2D eigenvalue weighted by Gasteiger charge is -2.34. The molecule has 5 nitrogen and oxygen atoms in total. The lowest BCUT2D eigenvalue weighted by Crippen LogP contribution is -2.52. The van der Waals surface area contributed by atoms with Gasteiger partial charge in [0.05, 0.1) is 6.61 Å². The number of hydrogen-bond acceptors (Lipinski definition) is 3. The third-order valence-electron chi connectivity index (χ3n) is 3.70. The van der Waals surface area contributed by atoms with Crippen molar-refractivity contribution in [3.05, 3.63) is 34.3 Å². The number of nitrogens with zero attached hydrogens (tertiary/aromatic N) is 2. The first-order chi connectivity index (χ1) is 10.2. The van der Waals surface area contributed by atoms with E-state index in [1.54, 1.807) is 0 Å². The van der Waals surface area contributed by atoms with Crippen LogP contribution in [-0.2, 0) is 6.42 Å². The highest BCUT2D eigenvalue weighted by Gasteiger charge is 2.20. The van der Waals surface area contributed by atoms with Crippen molar-refractivity contribution in [2.45, 2.75) is 6.42 Å². The second kappa shape index (κ2) is 8.36. The van der Waals surface area contributed by atoms with Crippen LogP contribution < -0.4 is 5.32 Å². The Hall–Kier alpha value is -1.11. The van der Waals surface area contributed by atoms with Gasteiger partial charge < -0.3 is 15.3 Å². The van der Waals surface area contributed by atoms with Gasteiger partial charge in [0.1, 0.15) is 0 Å². The minimum Gasteiger partial charge on any atom is -0.395 e. The zero-order chi connectivity index (χ0) is 15.1. The molecule has 0 radical (unpaired) electrons. The zero-order valence-electron chi connectivity index (χ0n) is 12.1. The minimum absolute atomic E-state index is 0.00528. The number of carbonyl (C=O) groups is 1. The molecule has 1 aliphatic heterocycles. The van der Waals surface area contributed by atoms with Crippen molar-refractivity contribution in [3.8, 4) is 0 Å². The van der Waals surface area contributed by atoms with Gasteiger partial charge in [-0.1, -0.05) is 34.1 Å². The predicted octanol–water partition coefficient (Wildman–Crippen LogP) is 1.31. The molecule has 116 valence electrons. The number of rotatable bonds is 5. The molecule has 0 aromatic heterocycles. The highest BCUT2D eigenvalue weighted by atomic mass is 79.9. The van der Waals surface area contributed by atoms with E-state index in [1.165, 1.54) is 5.56 Å². The van der Waals surface area contributed by atoms with E-state index in [2.05, 4.69) is 32.2 Å². The maximum atomic E-state index is 12.1. The average Bonchev–Trinajstić information content (AvgIpc) is 2.50. The Balaban J connectivity index is 1.70. The molecule has 0 spiro atoms. The normalized spacial score (nSPS) is 16.0. The third kappa shape index (κ3) is 4.98. The summed E-state index contributed by atoms with van der Waals surface area (Å²) in [6, 6.07) is 8.06. The van der Waals surface area contributed by atoms with Gasteiger partial charge in [0, 0.05) is 43.7 Å². The van der Waals surface area contributed by atoms with Crippen LogP contribution in [0.3, 0.4) is 0 Å². The van der Waals surface area contributed by atoms with Crippen LogP contribution in [0.25, 0.3) is 0 Å². The molecule has 0 aliphatic carbocycles. The summed E-state index contributed by atoms with van der Waals surface area (Å²) in [4.78, 5) is 16.1. The van der Waals surface area contributed by atoms with Crippen LogP contribution in [0.15, 0.2) is 28.7 Å². The Morgan fingerprint density at radius 2 is 1.95 bits per heavy atom. The summed E-state index contributed by atoms with van der Waals surface area (Å²) in [5.74, 6) is 0. The molecule has 6 heteroatoms. The van der Waals surface area contributed by atoms with Gasteiger partial charge in [-0.2, -0.15) is 0 Å². The Labute approximate surface area is 134 Å². The molecule has 0 atom stereocenters. The largest absolute Gasteiger partial charge is 0.395 e. The molecule has 2 rings (SSSR count). The quantitative estimate of drug-likeness (QED) is 0.837. The Morgan fingerprint density at radius 3 is 2.62 bits per heavy atom.